The molecule has 0 radical (unpaired) electrons. The molecule has 170 valence electrons. The fourth-order valence-electron chi connectivity index (χ4n) is 4.14. The number of halogens is 1. The molecule has 4 aromatic rings. The number of hydrogen-bond acceptors (Lipinski definition) is 5. The van der Waals surface area contributed by atoms with Gasteiger partial charge in [-0.3, -0.25) is 0 Å². The zero-order chi connectivity index (χ0) is 23.0. The van der Waals surface area contributed by atoms with Gasteiger partial charge in [-0.05, 0) is 55.2 Å². The van der Waals surface area contributed by atoms with Crippen LogP contribution in [0.5, 0.6) is 0 Å². The molecule has 0 spiro atoms. The fourth-order valence-corrected chi connectivity index (χ4v) is 5.60. The third kappa shape index (κ3) is 4.21. The first-order valence-corrected chi connectivity index (χ1v) is 12.3. The van der Waals surface area contributed by atoms with Gasteiger partial charge in [-0.1, -0.05) is 18.2 Å². The predicted molar refractivity (Wildman–Crippen MR) is 126 cm³/mol. The Morgan fingerprint density at radius 2 is 1.79 bits per heavy atom. The van der Waals surface area contributed by atoms with Gasteiger partial charge in [0.1, 0.15) is 17.3 Å². The van der Waals surface area contributed by atoms with Crippen LogP contribution in [0.15, 0.2) is 66.0 Å². The summed E-state index contributed by atoms with van der Waals surface area (Å²) < 4.78 is 42.6. The van der Waals surface area contributed by atoms with Crippen molar-refractivity contribution in [2.75, 3.05) is 18.4 Å². The second-order valence-corrected chi connectivity index (χ2v) is 10.2. The van der Waals surface area contributed by atoms with E-state index in [1.54, 1.807) is 24.4 Å². The van der Waals surface area contributed by atoms with E-state index in [9.17, 15) is 12.8 Å². The van der Waals surface area contributed by atoms with Crippen LogP contribution in [0.1, 0.15) is 18.4 Å². The Labute approximate surface area is 191 Å². The number of fused-ring (bicyclic) bond motifs is 1. The van der Waals surface area contributed by atoms with Crippen LogP contribution in [-0.2, 0) is 10.0 Å². The first-order chi connectivity index (χ1) is 15.9. The van der Waals surface area contributed by atoms with Gasteiger partial charge >= 0.3 is 0 Å². The summed E-state index contributed by atoms with van der Waals surface area (Å²) in [5.41, 5.74) is 2.49. The molecule has 1 aromatic carbocycles. The van der Waals surface area contributed by atoms with E-state index >= 15 is 0 Å². The number of aromatic nitrogens is 3. The third-order valence-electron chi connectivity index (χ3n) is 6.04. The number of nitrogens with zero attached hydrogens (tertiary/aromatic N) is 3. The maximum Gasteiger partial charge on any atom is 0.243 e. The SMILES string of the molecule is Cc1ccc(NC2CCN(S(=O)(=O)c3ccc(-c4cnc5[nH]ccc5c4F)cc3)CC2)nc1. The van der Waals surface area contributed by atoms with Crippen molar-refractivity contribution in [3.63, 3.8) is 0 Å². The van der Waals surface area contributed by atoms with Crippen LogP contribution in [0.2, 0.25) is 0 Å². The number of aromatic amines is 1. The molecule has 1 fully saturated rings. The smallest absolute Gasteiger partial charge is 0.243 e. The molecule has 0 atom stereocenters. The average Bonchev–Trinajstić information content (AvgIpc) is 3.31. The number of nitrogens with one attached hydrogen (secondary N) is 2. The van der Waals surface area contributed by atoms with E-state index in [4.69, 9.17) is 0 Å². The topological polar surface area (TPSA) is 91.0 Å². The standard InChI is InChI=1S/C24H24FN5O2S/c1-16-2-7-22(27-14-16)29-18-9-12-30(13-10-18)33(31,32)19-5-3-17(4-6-19)21-15-28-24-20(23(21)25)8-11-26-24/h2-8,11,14-15,18H,9-10,12-13H2,1H3,(H,26,28)(H,27,29). The number of rotatable bonds is 5. The Kier molecular flexibility index (Phi) is 5.59. The number of piperidine rings is 1. The summed E-state index contributed by atoms with van der Waals surface area (Å²) in [4.78, 5) is 11.7. The molecular weight excluding hydrogens is 441 g/mol. The monoisotopic (exact) mass is 465 g/mol. The molecule has 1 aliphatic heterocycles. The first kappa shape index (κ1) is 21.5. The summed E-state index contributed by atoms with van der Waals surface area (Å²) in [6.07, 6.45) is 6.29. The number of H-pyrrole nitrogens is 1. The van der Waals surface area contributed by atoms with Gasteiger partial charge in [-0.15, -0.1) is 0 Å². The molecule has 0 bridgehead atoms. The van der Waals surface area contributed by atoms with Gasteiger partial charge in [-0.2, -0.15) is 4.31 Å². The molecule has 7 nitrogen and oxygen atoms in total. The second-order valence-electron chi connectivity index (χ2n) is 8.29. The summed E-state index contributed by atoms with van der Waals surface area (Å²) in [6, 6.07) is 12.1. The molecule has 1 aliphatic rings. The normalized spacial score (nSPS) is 15.7. The van der Waals surface area contributed by atoms with Gasteiger partial charge in [-0.25, -0.2) is 22.8 Å². The minimum absolute atomic E-state index is 0.174. The average molecular weight is 466 g/mol. The van der Waals surface area contributed by atoms with E-state index in [1.165, 1.54) is 22.6 Å². The molecule has 4 heterocycles. The highest BCUT2D eigenvalue weighted by Crippen LogP contribution is 2.29. The Hall–Kier alpha value is -3.30. The third-order valence-corrected chi connectivity index (χ3v) is 7.95. The molecule has 0 aliphatic carbocycles. The molecule has 5 rings (SSSR count). The summed E-state index contributed by atoms with van der Waals surface area (Å²) in [5.74, 6) is 0.423. The lowest BCUT2D eigenvalue weighted by atomic mass is 10.1. The van der Waals surface area contributed by atoms with Gasteiger partial charge < -0.3 is 10.3 Å². The quantitative estimate of drug-likeness (QED) is 0.458. The maximum atomic E-state index is 14.8. The van der Waals surface area contributed by atoms with Crippen molar-refractivity contribution in [3.8, 4) is 11.1 Å². The van der Waals surface area contributed by atoms with Crippen LogP contribution in [-0.4, -0.2) is 46.8 Å². The Balaban J connectivity index is 1.28. The number of sulfonamides is 1. The predicted octanol–water partition coefficient (Wildman–Crippen LogP) is 4.34. The van der Waals surface area contributed by atoms with Crippen LogP contribution in [0.3, 0.4) is 0 Å². The zero-order valence-corrected chi connectivity index (χ0v) is 18.9. The van der Waals surface area contributed by atoms with E-state index < -0.39 is 10.0 Å². The number of benzene rings is 1. The summed E-state index contributed by atoms with van der Waals surface area (Å²) in [6.45, 7) is 2.84. The summed E-state index contributed by atoms with van der Waals surface area (Å²) >= 11 is 0. The van der Waals surface area contributed by atoms with Crippen molar-refractivity contribution in [2.24, 2.45) is 0 Å². The maximum absolute atomic E-state index is 14.8. The summed E-state index contributed by atoms with van der Waals surface area (Å²) in [5, 5.41) is 3.79. The van der Waals surface area contributed by atoms with Gasteiger partial charge in [0.25, 0.3) is 0 Å². The highest BCUT2D eigenvalue weighted by Gasteiger charge is 2.29. The fraction of sp³-hybridized carbons (Fsp3) is 0.250. The van der Waals surface area contributed by atoms with Crippen LogP contribution in [0.25, 0.3) is 22.2 Å². The molecule has 33 heavy (non-hydrogen) atoms. The van der Waals surface area contributed by atoms with Crippen LogP contribution in [0, 0.1) is 12.7 Å². The van der Waals surface area contributed by atoms with Gasteiger partial charge in [0.05, 0.1) is 10.3 Å². The molecule has 3 aromatic heterocycles. The van der Waals surface area contributed by atoms with Gasteiger partial charge in [0.2, 0.25) is 10.0 Å². The van der Waals surface area contributed by atoms with E-state index in [-0.39, 0.29) is 16.8 Å². The highest BCUT2D eigenvalue weighted by molar-refractivity contribution is 7.89. The van der Waals surface area contributed by atoms with Gasteiger partial charge in [0, 0.05) is 43.3 Å². The van der Waals surface area contributed by atoms with Crippen molar-refractivity contribution < 1.29 is 12.8 Å². The minimum Gasteiger partial charge on any atom is -0.367 e. The molecular formula is C24H24FN5O2S. The Bertz CT molecular complexity index is 1380. The van der Waals surface area contributed by atoms with Crippen molar-refractivity contribution >= 4 is 26.9 Å². The zero-order valence-electron chi connectivity index (χ0n) is 18.1. The van der Waals surface area contributed by atoms with Crippen LogP contribution in [0.4, 0.5) is 10.2 Å². The number of pyridine rings is 2. The van der Waals surface area contributed by atoms with Gasteiger partial charge in [0.15, 0.2) is 0 Å². The van der Waals surface area contributed by atoms with E-state index in [2.05, 4.69) is 20.3 Å². The second kappa shape index (κ2) is 8.57. The van der Waals surface area contributed by atoms with Crippen molar-refractivity contribution in [3.05, 3.63) is 72.4 Å². The largest absolute Gasteiger partial charge is 0.367 e. The van der Waals surface area contributed by atoms with Crippen molar-refractivity contribution in [1.29, 1.82) is 0 Å². The van der Waals surface area contributed by atoms with Crippen molar-refractivity contribution in [1.82, 2.24) is 19.3 Å². The van der Waals surface area contributed by atoms with E-state index in [1.807, 2.05) is 25.3 Å². The number of hydrogen-bond donors (Lipinski definition) is 2. The molecule has 1 saturated heterocycles. The van der Waals surface area contributed by atoms with Crippen molar-refractivity contribution in [2.45, 2.75) is 30.7 Å². The molecule has 9 heteroatoms. The lowest BCUT2D eigenvalue weighted by Crippen LogP contribution is -2.42. The summed E-state index contributed by atoms with van der Waals surface area (Å²) in [7, 11) is -3.62. The lowest BCUT2D eigenvalue weighted by Gasteiger charge is -2.32. The number of aryl methyl sites for hydroxylation is 1. The molecule has 0 saturated carbocycles. The van der Waals surface area contributed by atoms with Crippen LogP contribution < -0.4 is 5.32 Å². The Morgan fingerprint density at radius 3 is 2.48 bits per heavy atom. The number of anilines is 1. The Morgan fingerprint density at radius 1 is 1.03 bits per heavy atom. The van der Waals surface area contributed by atoms with E-state index in [0.717, 1.165) is 11.4 Å². The molecule has 0 amide bonds. The van der Waals surface area contributed by atoms with Crippen LogP contribution >= 0.6 is 0 Å². The van der Waals surface area contributed by atoms with E-state index in [0.29, 0.717) is 48.1 Å². The first-order valence-electron chi connectivity index (χ1n) is 10.8. The highest BCUT2D eigenvalue weighted by atomic mass is 32.2. The molecule has 0 unspecified atom stereocenters. The lowest BCUT2D eigenvalue weighted by molar-refractivity contribution is 0.329. The molecule has 2 N–H and O–H groups in total. The minimum atomic E-state index is -3.62.